The summed E-state index contributed by atoms with van der Waals surface area (Å²) in [4.78, 5) is 11.8. The molecule has 0 aromatic heterocycles. The largest absolute Gasteiger partial charge is 0.294 e. The molecule has 2 rings (SSSR count). The van der Waals surface area contributed by atoms with Crippen molar-refractivity contribution in [1.29, 1.82) is 0 Å². The normalized spacial score (nSPS) is 44.1. The second-order valence-corrected chi connectivity index (χ2v) is 5.00. The molecule has 0 heterocycles. The van der Waals surface area contributed by atoms with Crippen LogP contribution in [0.1, 0.15) is 33.6 Å². The molecule has 0 N–H and O–H groups in total. The van der Waals surface area contributed by atoms with Crippen LogP contribution in [0.15, 0.2) is 12.2 Å². The van der Waals surface area contributed by atoms with Crippen LogP contribution in [0, 0.1) is 16.7 Å². The van der Waals surface area contributed by atoms with Crippen LogP contribution >= 0.6 is 0 Å². The van der Waals surface area contributed by atoms with Gasteiger partial charge in [0, 0.05) is 5.41 Å². The summed E-state index contributed by atoms with van der Waals surface area (Å²) in [6.07, 6.45) is 2.22. The van der Waals surface area contributed by atoms with Gasteiger partial charge in [-0.05, 0) is 29.7 Å². The fourth-order valence-electron chi connectivity index (χ4n) is 3.03. The summed E-state index contributed by atoms with van der Waals surface area (Å²) in [7, 11) is 0. The average molecular weight is 164 g/mol. The first-order valence-electron chi connectivity index (χ1n) is 4.65. The van der Waals surface area contributed by atoms with E-state index in [0.717, 1.165) is 18.4 Å². The lowest BCUT2D eigenvalue weighted by Crippen LogP contribution is -2.32. The van der Waals surface area contributed by atoms with E-state index in [1.165, 1.54) is 0 Å². The zero-order valence-electron chi connectivity index (χ0n) is 8.11. The van der Waals surface area contributed by atoms with Crippen LogP contribution in [0.3, 0.4) is 0 Å². The van der Waals surface area contributed by atoms with Gasteiger partial charge in [0.15, 0.2) is 5.78 Å². The smallest absolute Gasteiger partial charge is 0.164 e. The Labute approximate surface area is 73.8 Å². The lowest BCUT2D eigenvalue weighted by atomic mass is 9.70. The Morgan fingerprint density at radius 1 is 1.42 bits per heavy atom. The molecule has 0 aliphatic heterocycles. The van der Waals surface area contributed by atoms with E-state index in [4.69, 9.17) is 0 Å². The van der Waals surface area contributed by atoms with E-state index in [0.29, 0.717) is 11.7 Å². The predicted octanol–water partition coefficient (Wildman–Crippen LogP) is 2.57. The van der Waals surface area contributed by atoms with E-state index in [1.54, 1.807) is 0 Å². The molecule has 2 fully saturated rings. The topological polar surface area (TPSA) is 17.1 Å². The van der Waals surface area contributed by atoms with E-state index in [1.807, 2.05) is 0 Å². The van der Waals surface area contributed by atoms with Crippen LogP contribution in [0.2, 0.25) is 0 Å². The highest BCUT2D eigenvalue weighted by Crippen LogP contribution is 2.65. The molecule has 1 heteroatoms. The molecule has 0 spiro atoms. The Morgan fingerprint density at radius 3 is 2.25 bits per heavy atom. The lowest BCUT2D eigenvalue weighted by molar-refractivity contribution is -0.125. The van der Waals surface area contributed by atoms with Crippen molar-refractivity contribution in [2.24, 2.45) is 16.7 Å². The summed E-state index contributed by atoms with van der Waals surface area (Å²) < 4.78 is 0. The quantitative estimate of drug-likeness (QED) is 0.503. The van der Waals surface area contributed by atoms with Gasteiger partial charge in [-0.15, -0.1) is 0 Å². The molecule has 2 atom stereocenters. The molecule has 0 saturated heterocycles. The summed E-state index contributed by atoms with van der Waals surface area (Å²) >= 11 is 0. The number of carbonyl (C=O) groups excluding carboxylic acids is 1. The van der Waals surface area contributed by atoms with Gasteiger partial charge in [-0.25, -0.2) is 0 Å². The first-order chi connectivity index (χ1) is 5.41. The number of allylic oxidation sites excluding steroid dienone is 1. The van der Waals surface area contributed by atoms with Crippen molar-refractivity contribution in [2.45, 2.75) is 33.6 Å². The van der Waals surface area contributed by atoms with Gasteiger partial charge in [-0.2, -0.15) is 0 Å². The minimum Gasteiger partial charge on any atom is -0.294 e. The van der Waals surface area contributed by atoms with Crippen molar-refractivity contribution in [3.8, 4) is 0 Å². The zero-order chi connectivity index (χ0) is 9.15. The van der Waals surface area contributed by atoms with E-state index < -0.39 is 0 Å². The van der Waals surface area contributed by atoms with E-state index in [-0.39, 0.29) is 10.8 Å². The lowest BCUT2D eigenvalue weighted by Gasteiger charge is -2.31. The summed E-state index contributed by atoms with van der Waals surface area (Å²) in [5, 5.41) is 0. The molecule has 2 aliphatic carbocycles. The first-order valence-corrected chi connectivity index (χ1v) is 4.65. The molecule has 0 radical (unpaired) electrons. The van der Waals surface area contributed by atoms with Crippen LogP contribution < -0.4 is 0 Å². The van der Waals surface area contributed by atoms with Gasteiger partial charge in [0.25, 0.3) is 0 Å². The van der Waals surface area contributed by atoms with E-state index >= 15 is 0 Å². The molecule has 2 aliphatic rings. The Hall–Kier alpha value is -0.590. The summed E-state index contributed by atoms with van der Waals surface area (Å²) in [6, 6.07) is 0. The highest BCUT2D eigenvalue weighted by molar-refractivity contribution is 6.04. The Morgan fingerprint density at radius 2 is 2.00 bits per heavy atom. The third-order valence-electron chi connectivity index (χ3n) is 4.44. The molecule has 0 aromatic carbocycles. The molecule has 66 valence electrons. The number of Topliss-reactive ketones (excluding diaryl/α,β-unsaturated/α-hetero) is 1. The average Bonchev–Trinajstić information content (AvgIpc) is 2.26. The Bertz CT molecular complexity index is 275. The molecule has 0 unspecified atom stereocenters. The third-order valence-corrected chi connectivity index (χ3v) is 4.44. The van der Waals surface area contributed by atoms with Gasteiger partial charge in [-0.1, -0.05) is 27.4 Å². The van der Waals surface area contributed by atoms with Gasteiger partial charge in [0.05, 0.1) is 0 Å². The van der Waals surface area contributed by atoms with Crippen LogP contribution in [-0.2, 0) is 4.79 Å². The summed E-state index contributed by atoms with van der Waals surface area (Å²) in [5.41, 5.74) is 0.935. The van der Waals surface area contributed by atoms with Crippen LogP contribution in [-0.4, -0.2) is 5.78 Å². The maximum absolute atomic E-state index is 11.8. The molecule has 0 amide bonds. The van der Waals surface area contributed by atoms with Crippen molar-refractivity contribution in [2.75, 3.05) is 0 Å². The molecular formula is C11H16O. The van der Waals surface area contributed by atoms with Crippen LogP contribution in [0.5, 0.6) is 0 Å². The maximum atomic E-state index is 11.8. The maximum Gasteiger partial charge on any atom is 0.164 e. The molecule has 1 nitrogen and oxygen atoms in total. The molecule has 2 bridgehead atoms. The van der Waals surface area contributed by atoms with Gasteiger partial charge in [-0.3, -0.25) is 4.79 Å². The molecule has 0 aromatic rings. The Kier molecular flexibility index (Phi) is 1.23. The number of fused-ring (bicyclic) bond motifs is 2. The minimum absolute atomic E-state index is 0.102. The second-order valence-electron chi connectivity index (χ2n) is 5.00. The summed E-state index contributed by atoms with van der Waals surface area (Å²) in [6.45, 7) is 10.4. The molecule has 2 saturated carbocycles. The van der Waals surface area contributed by atoms with Crippen molar-refractivity contribution in [3.63, 3.8) is 0 Å². The van der Waals surface area contributed by atoms with Crippen LogP contribution in [0.4, 0.5) is 0 Å². The van der Waals surface area contributed by atoms with Crippen molar-refractivity contribution in [3.05, 3.63) is 12.2 Å². The standard InChI is InChI=1S/C11H16O/c1-7-8-5-6-11(4,9(7)12)10(8,2)3/h8H,1,5-6H2,2-4H3/t8-,11-/m0/s1. The van der Waals surface area contributed by atoms with Gasteiger partial charge in [0.2, 0.25) is 0 Å². The second kappa shape index (κ2) is 1.84. The molecular weight excluding hydrogens is 148 g/mol. The summed E-state index contributed by atoms with van der Waals surface area (Å²) in [5.74, 6) is 0.777. The number of ketones is 1. The monoisotopic (exact) mass is 164 g/mol. The predicted molar refractivity (Wildman–Crippen MR) is 48.8 cm³/mol. The molecule has 12 heavy (non-hydrogen) atoms. The van der Waals surface area contributed by atoms with Crippen molar-refractivity contribution in [1.82, 2.24) is 0 Å². The SMILES string of the molecule is C=C1C(=O)[C@]2(C)CC[C@@H]1C2(C)C. The minimum atomic E-state index is -0.102. The third kappa shape index (κ3) is 0.562. The first kappa shape index (κ1) is 8.03. The number of hydrogen-bond donors (Lipinski definition) is 0. The van der Waals surface area contributed by atoms with E-state index in [2.05, 4.69) is 27.4 Å². The Balaban J connectivity index is 2.58. The fourth-order valence-corrected chi connectivity index (χ4v) is 3.03. The number of hydrogen-bond acceptors (Lipinski definition) is 1. The fraction of sp³-hybridized carbons (Fsp3) is 0.727. The number of rotatable bonds is 0. The van der Waals surface area contributed by atoms with Crippen molar-refractivity contribution >= 4 is 5.78 Å². The van der Waals surface area contributed by atoms with Crippen LogP contribution in [0.25, 0.3) is 0 Å². The number of carbonyl (C=O) groups is 1. The van der Waals surface area contributed by atoms with Gasteiger partial charge >= 0.3 is 0 Å². The van der Waals surface area contributed by atoms with Crippen molar-refractivity contribution < 1.29 is 4.79 Å². The van der Waals surface area contributed by atoms with E-state index in [9.17, 15) is 4.79 Å². The highest BCUT2D eigenvalue weighted by Gasteiger charge is 2.63. The van der Waals surface area contributed by atoms with Gasteiger partial charge in [0.1, 0.15) is 0 Å². The zero-order valence-corrected chi connectivity index (χ0v) is 8.11. The van der Waals surface area contributed by atoms with Gasteiger partial charge < -0.3 is 0 Å². The highest BCUT2D eigenvalue weighted by atomic mass is 16.1.